The number of hydrogen-bond acceptors (Lipinski definition) is 4. The average molecular weight is 417 g/mol. The summed E-state index contributed by atoms with van der Waals surface area (Å²) in [6.07, 6.45) is 9.93. The fourth-order valence-electron chi connectivity index (χ4n) is 4.49. The van der Waals surface area contributed by atoms with Crippen LogP contribution in [0.1, 0.15) is 71.6 Å². The highest BCUT2D eigenvalue weighted by Crippen LogP contribution is 2.36. The fraction of sp³-hybridized carbons (Fsp3) is 0.720. The lowest BCUT2D eigenvalue weighted by atomic mass is 9.78. The third-order valence-corrected chi connectivity index (χ3v) is 6.57. The topological polar surface area (TPSA) is 50.8 Å². The Balaban J connectivity index is 1.49. The first-order chi connectivity index (χ1) is 14.6. The molecule has 1 N–H and O–H groups in total. The molecule has 0 atom stereocenters. The highest BCUT2D eigenvalue weighted by molar-refractivity contribution is 5.97. The van der Waals surface area contributed by atoms with E-state index >= 15 is 0 Å². The van der Waals surface area contributed by atoms with Gasteiger partial charge >= 0.3 is 0 Å². The van der Waals surface area contributed by atoms with Gasteiger partial charge in [0.1, 0.15) is 18.0 Å². The van der Waals surface area contributed by atoms with Gasteiger partial charge in [-0.1, -0.05) is 26.7 Å². The van der Waals surface area contributed by atoms with Crippen LogP contribution in [0.3, 0.4) is 0 Å². The van der Waals surface area contributed by atoms with E-state index in [0.717, 1.165) is 50.1 Å². The van der Waals surface area contributed by atoms with Gasteiger partial charge in [0.15, 0.2) is 0 Å². The van der Waals surface area contributed by atoms with Gasteiger partial charge in [0.25, 0.3) is 5.91 Å². The molecule has 1 heterocycles. The van der Waals surface area contributed by atoms with Crippen molar-refractivity contribution in [3.63, 3.8) is 0 Å². The molecule has 0 spiro atoms. The predicted octanol–water partition coefficient (Wildman–Crippen LogP) is 5.26. The van der Waals surface area contributed by atoms with E-state index in [2.05, 4.69) is 24.1 Å². The molecule has 1 saturated carbocycles. The number of ether oxygens (including phenoxy) is 2. The third kappa shape index (κ3) is 6.71. The maximum atomic E-state index is 13.1. The summed E-state index contributed by atoms with van der Waals surface area (Å²) in [7, 11) is 0. The Bertz CT molecular complexity index is 625. The van der Waals surface area contributed by atoms with Gasteiger partial charge in [0.2, 0.25) is 0 Å². The molecular weight excluding hydrogens is 376 g/mol. The molecule has 1 aliphatic heterocycles. The van der Waals surface area contributed by atoms with Crippen molar-refractivity contribution in [2.75, 3.05) is 38.2 Å². The lowest BCUT2D eigenvalue weighted by molar-refractivity contribution is -0.147. The smallest absolute Gasteiger partial charge is 0.256 e. The predicted molar refractivity (Wildman–Crippen MR) is 122 cm³/mol. The second kappa shape index (κ2) is 11.7. The molecule has 0 bridgehead atoms. The van der Waals surface area contributed by atoms with Crippen LogP contribution in [0.5, 0.6) is 5.75 Å². The Kier molecular flexibility index (Phi) is 9.01. The number of carbonyl (C=O) groups excluding carboxylic acids is 1. The van der Waals surface area contributed by atoms with Crippen LogP contribution in [0, 0.1) is 5.92 Å². The van der Waals surface area contributed by atoms with Crippen LogP contribution >= 0.6 is 0 Å². The van der Waals surface area contributed by atoms with E-state index in [1.54, 1.807) is 0 Å². The van der Waals surface area contributed by atoms with Crippen molar-refractivity contribution < 1.29 is 14.3 Å². The Hall–Kier alpha value is -1.59. The number of likely N-dealkylation sites (tertiary alicyclic amines) is 1. The molecule has 0 radical (unpaired) electrons. The van der Waals surface area contributed by atoms with Crippen LogP contribution in [0.2, 0.25) is 0 Å². The number of nitrogens with one attached hydrogen (secondary N) is 1. The molecular formula is C25H40N2O3. The van der Waals surface area contributed by atoms with E-state index in [4.69, 9.17) is 9.47 Å². The van der Waals surface area contributed by atoms with E-state index in [0.29, 0.717) is 19.1 Å². The van der Waals surface area contributed by atoms with Crippen LogP contribution in [0.15, 0.2) is 24.3 Å². The van der Waals surface area contributed by atoms with Gasteiger partial charge in [-0.05, 0) is 88.2 Å². The number of benzene rings is 1. The molecule has 3 rings (SSSR count). The molecule has 168 valence electrons. The zero-order valence-corrected chi connectivity index (χ0v) is 19.0. The van der Waals surface area contributed by atoms with Gasteiger partial charge in [0, 0.05) is 18.8 Å². The summed E-state index contributed by atoms with van der Waals surface area (Å²) in [4.78, 5) is 15.6. The molecule has 1 amide bonds. The Labute approximate surface area is 182 Å². The molecule has 5 heteroatoms. The molecule has 0 unspecified atom stereocenters. The highest BCUT2D eigenvalue weighted by Gasteiger charge is 2.42. The van der Waals surface area contributed by atoms with Crippen molar-refractivity contribution in [1.82, 2.24) is 4.90 Å². The van der Waals surface area contributed by atoms with Crippen molar-refractivity contribution in [2.45, 2.75) is 77.2 Å². The van der Waals surface area contributed by atoms with Gasteiger partial charge in [-0.3, -0.25) is 9.69 Å². The number of nitrogens with zero attached hydrogens (tertiary/aromatic N) is 1. The summed E-state index contributed by atoms with van der Waals surface area (Å²) >= 11 is 0. The van der Waals surface area contributed by atoms with E-state index in [9.17, 15) is 4.79 Å². The zero-order valence-electron chi connectivity index (χ0n) is 19.0. The number of anilines is 1. The average Bonchev–Trinajstić information content (AvgIpc) is 3.04. The molecule has 1 aromatic rings. The molecule has 1 aliphatic carbocycles. The van der Waals surface area contributed by atoms with Crippen LogP contribution < -0.4 is 10.1 Å². The first kappa shape index (κ1) is 23.1. The highest BCUT2D eigenvalue weighted by atomic mass is 16.5. The quantitative estimate of drug-likeness (QED) is 0.597. The minimum atomic E-state index is -0.676. The summed E-state index contributed by atoms with van der Waals surface area (Å²) in [5, 5.41) is 3.09. The van der Waals surface area contributed by atoms with Crippen LogP contribution in [0.4, 0.5) is 5.69 Å². The lowest BCUT2D eigenvalue weighted by Crippen LogP contribution is -2.48. The van der Waals surface area contributed by atoms with Gasteiger partial charge < -0.3 is 14.8 Å². The molecule has 30 heavy (non-hydrogen) atoms. The largest absolute Gasteiger partial charge is 0.492 e. The SMILES string of the molecule is CCCOC1(C(=O)Nc2ccc(OCCN3CCCCCC3)cc2)CCC(C)CC1. The third-order valence-electron chi connectivity index (χ3n) is 6.57. The first-order valence-corrected chi connectivity index (χ1v) is 12.0. The summed E-state index contributed by atoms with van der Waals surface area (Å²) in [5.41, 5.74) is 0.128. The van der Waals surface area contributed by atoms with Crippen molar-refractivity contribution in [1.29, 1.82) is 0 Å². The van der Waals surface area contributed by atoms with Crippen molar-refractivity contribution in [2.24, 2.45) is 5.92 Å². The van der Waals surface area contributed by atoms with E-state index in [1.807, 2.05) is 24.3 Å². The Morgan fingerprint density at radius 1 is 1.07 bits per heavy atom. The van der Waals surface area contributed by atoms with E-state index in [1.165, 1.54) is 38.8 Å². The van der Waals surface area contributed by atoms with E-state index in [-0.39, 0.29) is 5.91 Å². The van der Waals surface area contributed by atoms with Crippen LogP contribution in [-0.4, -0.2) is 49.3 Å². The van der Waals surface area contributed by atoms with Crippen molar-refractivity contribution in [3.8, 4) is 5.75 Å². The maximum Gasteiger partial charge on any atom is 0.256 e. The van der Waals surface area contributed by atoms with Gasteiger partial charge in [-0.2, -0.15) is 0 Å². The van der Waals surface area contributed by atoms with Crippen LogP contribution in [0.25, 0.3) is 0 Å². The van der Waals surface area contributed by atoms with E-state index < -0.39 is 5.60 Å². The molecule has 5 nitrogen and oxygen atoms in total. The summed E-state index contributed by atoms with van der Waals surface area (Å²) in [5.74, 6) is 1.52. The number of rotatable bonds is 9. The second-order valence-electron chi connectivity index (χ2n) is 9.11. The zero-order chi connectivity index (χ0) is 21.2. The molecule has 1 aromatic carbocycles. The second-order valence-corrected chi connectivity index (χ2v) is 9.11. The van der Waals surface area contributed by atoms with Gasteiger partial charge in [-0.25, -0.2) is 0 Å². The summed E-state index contributed by atoms with van der Waals surface area (Å²) < 4.78 is 12.0. The van der Waals surface area contributed by atoms with Crippen molar-refractivity contribution in [3.05, 3.63) is 24.3 Å². The van der Waals surface area contributed by atoms with Crippen LogP contribution in [-0.2, 0) is 9.53 Å². The number of amides is 1. The molecule has 2 fully saturated rings. The Morgan fingerprint density at radius 3 is 2.37 bits per heavy atom. The summed E-state index contributed by atoms with van der Waals surface area (Å²) in [6, 6.07) is 7.75. The molecule has 2 aliphatic rings. The molecule has 1 saturated heterocycles. The minimum absolute atomic E-state index is 0.00215. The number of hydrogen-bond donors (Lipinski definition) is 1. The first-order valence-electron chi connectivity index (χ1n) is 12.0. The van der Waals surface area contributed by atoms with Crippen molar-refractivity contribution >= 4 is 11.6 Å². The standard InChI is InChI=1S/C25H40N2O3/c1-3-19-30-25(14-12-21(2)13-15-25)24(28)26-22-8-10-23(11-9-22)29-20-18-27-16-6-4-5-7-17-27/h8-11,21H,3-7,12-20H2,1-2H3,(H,26,28). The normalized spacial score (nSPS) is 25.5. The lowest BCUT2D eigenvalue weighted by Gasteiger charge is -2.38. The number of carbonyl (C=O) groups is 1. The van der Waals surface area contributed by atoms with Gasteiger partial charge in [0.05, 0.1) is 0 Å². The summed E-state index contributed by atoms with van der Waals surface area (Å²) in [6.45, 7) is 9.04. The fourth-order valence-corrected chi connectivity index (χ4v) is 4.49. The Morgan fingerprint density at radius 2 is 1.73 bits per heavy atom. The minimum Gasteiger partial charge on any atom is -0.492 e. The molecule has 0 aromatic heterocycles. The maximum absolute atomic E-state index is 13.1. The monoisotopic (exact) mass is 416 g/mol. The van der Waals surface area contributed by atoms with Gasteiger partial charge in [-0.15, -0.1) is 0 Å².